The monoisotopic (exact) mass is 755 g/mol. The van der Waals surface area contributed by atoms with Gasteiger partial charge < -0.3 is 34.4 Å². The average Bonchev–Trinajstić information content (AvgIpc) is 3.74. The number of nitrogens with zero attached hydrogens (tertiary/aromatic N) is 2. The number of likely N-dealkylation sites (tertiary alicyclic amines) is 1. The highest BCUT2D eigenvalue weighted by Gasteiger charge is 2.51. The molecule has 0 radical (unpaired) electrons. The maximum atomic E-state index is 14.6. The molecule has 6 rings (SSSR count). The lowest BCUT2D eigenvalue weighted by molar-refractivity contribution is -0.150. The molecule has 3 amide bonds. The molecule has 276 valence electrons. The number of ether oxygens (including phenoxy) is 2. The van der Waals surface area contributed by atoms with Crippen molar-refractivity contribution in [2.45, 2.75) is 57.1 Å². The van der Waals surface area contributed by atoms with Crippen LogP contribution in [0.3, 0.4) is 0 Å². The minimum atomic E-state index is -5.80. The van der Waals surface area contributed by atoms with E-state index in [0.717, 1.165) is 29.0 Å². The molecule has 4 aromatic rings. The molecule has 0 bridgehead atoms. The van der Waals surface area contributed by atoms with Crippen molar-refractivity contribution in [2.75, 3.05) is 26.2 Å². The second-order valence-electron chi connectivity index (χ2n) is 14.1. The van der Waals surface area contributed by atoms with Crippen LogP contribution in [0.5, 0.6) is 5.75 Å². The van der Waals surface area contributed by atoms with E-state index in [1.54, 1.807) is 37.8 Å². The predicted octanol–water partition coefficient (Wildman–Crippen LogP) is 5.92. The Bertz CT molecular complexity index is 1980. The van der Waals surface area contributed by atoms with Gasteiger partial charge in [0, 0.05) is 23.2 Å². The van der Waals surface area contributed by atoms with Crippen molar-refractivity contribution in [1.29, 1.82) is 0 Å². The number of thiophene rings is 1. The fraction of sp³-hybridized carbons (Fsp3) is 0.378. The van der Waals surface area contributed by atoms with E-state index in [9.17, 15) is 37.5 Å². The Morgan fingerprint density at radius 2 is 1.65 bits per heavy atom. The maximum absolute atomic E-state index is 14.6. The zero-order chi connectivity index (χ0) is 37.4. The van der Waals surface area contributed by atoms with Crippen LogP contribution in [-0.4, -0.2) is 81.7 Å². The number of alkyl halides is 2. The molecular formula is C37H40F2N3O8PS. The second kappa shape index (κ2) is 14.7. The molecule has 11 nitrogen and oxygen atoms in total. The third-order valence-electron chi connectivity index (χ3n) is 9.27. The molecular weight excluding hydrogens is 715 g/mol. The normalized spacial score (nSPS) is 20.5. The molecule has 2 unspecified atom stereocenters. The van der Waals surface area contributed by atoms with Crippen molar-refractivity contribution in [3.63, 3.8) is 0 Å². The summed E-state index contributed by atoms with van der Waals surface area (Å²) in [6.45, 7) is 6.43. The first-order chi connectivity index (χ1) is 24.5. The van der Waals surface area contributed by atoms with E-state index in [0.29, 0.717) is 30.1 Å². The van der Waals surface area contributed by atoms with Gasteiger partial charge in [-0.1, -0.05) is 75.4 Å². The van der Waals surface area contributed by atoms with E-state index in [2.05, 4.69) is 5.32 Å². The standard InChI is InChI=1S/C37H40F2N3O8PS/c1-36(2,3)32(40-33(43)31-19-24-18-25(14-15-30(24)52-31)37(38,39)51(46,47)48)35(45)42-21-27(50-26-12-8-5-9-13-26)20-28(42)34(44)41-16-17-49-29(22-41)23-10-6-4-7-11-23/h4-15,18-19,27-29,32H,16-17,20-22H2,1-3H3,(H,40,43)(H2,46,47,48)/t27-,28+,29?,32?/m1/s1. The molecule has 2 saturated heterocycles. The summed E-state index contributed by atoms with van der Waals surface area (Å²) in [5.41, 5.74) is -5.18. The van der Waals surface area contributed by atoms with Crippen molar-refractivity contribution in [1.82, 2.24) is 15.1 Å². The van der Waals surface area contributed by atoms with E-state index < -0.39 is 54.2 Å². The summed E-state index contributed by atoms with van der Waals surface area (Å²) in [5.74, 6) is -0.773. The number of carbonyl (C=O) groups excluding carboxylic acids is 3. The Labute approximate surface area is 303 Å². The van der Waals surface area contributed by atoms with Crippen molar-refractivity contribution in [3.8, 4) is 5.75 Å². The largest absolute Gasteiger partial charge is 0.488 e. The van der Waals surface area contributed by atoms with E-state index in [-0.39, 0.29) is 35.2 Å². The molecule has 4 atom stereocenters. The first-order valence-electron chi connectivity index (χ1n) is 16.8. The molecule has 0 aliphatic carbocycles. The van der Waals surface area contributed by atoms with Crippen molar-refractivity contribution in [2.24, 2.45) is 5.41 Å². The number of nitrogens with one attached hydrogen (secondary N) is 1. The number of amides is 3. The number of hydrogen-bond donors (Lipinski definition) is 3. The molecule has 3 N–H and O–H groups in total. The Morgan fingerprint density at radius 3 is 2.31 bits per heavy atom. The van der Waals surface area contributed by atoms with Gasteiger partial charge in [0.25, 0.3) is 5.91 Å². The molecule has 15 heteroatoms. The van der Waals surface area contributed by atoms with Crippen LogP contribution in [0.2, 0.25) is 0 Å². The zero-order valence-electron chi connectivity index (χ0n) is 28.8. The summed E-state index contributed by atoms with van der Waals surface area (Å²) in [6, 6.07) is 21.2. The first kappa shape index (κ1) is 37.6. The van der Waals surface area contributed by atoms with E-state index >= 15 is 0 Å². The minimum Gasteiger partial charge on any atom is -0.488 e. The van der Waals surface area contributed by atoms with Crippen molar-refractivity contribution in [3.05, 3.63) is 101 Å². The van der Waals surface area contributed by atoms with Gasteiger partial charge in [-0.25, -0.2) is 0 Å². The number of morpholine rings is 1. The molecule has 52 heavy (non-hydrogen) atoms. The van der Waals surface area contributed by atoms with Crippen molar-refractivity contribution < 1.29 is 47.0 Å². The highest BCUT2D eigenvalue weighted by Crippen LogP contribution is 2.59. The number of halogens is 2. The number of para-hydroxylation sites is 1. The lowest BCUT2D eigenvalue weighted by Gasteiger charge is -2.38. The highest BCUT2D eigenvalue weighted by molar-refractivity contribution is 7.52. The smallest absolute Gasteiger partial charge is 0.399 e. The number of rotatable bonds is 9. The second-order valence-corrected chi connectivity index (χ2v) is 16.8. The fourth-order valence-electron chi connectivity index (χ4n) is 6.51. The van der Waals surface area contributed by atoms with Gasteiger partial charge in [0.15, 0.2) is 0 Å². The minimum absolute atomic E-state index is 0.0957. The van der Waals surface area contributed by atoms with Gasteiger partial charge in [-0.15, -0.1) is 11.3 Å². The molecule has 3 aromatic carbocycles. The molecule has 2 aliphatic heterocycles. The predicted molar refractivity (Wildman–Crippen MR) is 191 cm³/mol. The Kier molecular flexibility index (Phi) is 10.6. The van der Waals surface area contributed by atoms with Crippen LogP contribution in [0.4, 0.5) is 8.78 Å². The van der Waals surface area contributed by atoms with Gasteiger partial charge in [-0.3, -0.25) is 18.9 Å². The number of benzene rings is 3. The molecule has 0 spiro atoms. The topological polar surface area (TPSA) is 146 Å². The number of hydrogen-bond acceptors (Lipinski definition) is 7. The summed E-state index contributed by atoms with van der Waals surface area (Å²) in [6.07, 6.45) is -0.608. The van der Waals surface area contributed by atoms with E-state index in [1.807, 2.05) is 48.5 Å². The Balaban J connectivity index is 1.25. The van der Waals surface area contributed by atoms with Crippen molar-refractivity contribution >= 4 is 46.7 Å². The summed E-state index contributed by atoms with van der Waals surface area (Å²) in [4.78, 5) is 64.3. The summed E-state index contributed by atoms with van der Waals surface area (Å²) >= 11 is 0.984. The lowest BCUT2D eigenvalue weighted by Crippen LogP contribution is -2.58. The molecule has 2 fully saturated rings. The van der Waals surface area contributed by atoms with E-state index in [1.165, 1.54) is 17.0 Å². The SMILES string of the molecule is CC(C)(C)C(NC(=O)c1cc2cc(C(F)(F)P(=O)(O)O)ccc2s1)C(=O)N1C[C@H](Oc2ccccc2)C[C@H]1C(=O)N1CCOC(c2ccccc2)C1. The average molecular weight is 756 g/mol. The van der Waals surface area contributed by atoms with Crippen LogP contribution in [0.25, 0.3) is 10.1 Å². The van der Waals surface area contributed by atoms with Crippen LogP contribution in [0.1, 0.15) is 54.1 Å². The Hall–Kier alpha value is -4.20. The molecule has 1 aromatic heterocycles. The van der Waals surface area contributed by atoms with Gasteiger partial charge in [0.2, 0.25) is 11.8 Å². The van der Waals surface area contributed by atoms with Gasteiger partial charge >= 0.3 is 13.3 Å². The summed E-state index contributed by atoms with van der Waals surface area (Å²) in [5, 5.41) is 3.02. The fourth-order valence-corrected chi connectivity index (χ4v) is 7.93. The third kappa shape index (κ3) is 7.91. The van der Waals surface area contributed by atoms with Gasteiger partial charge in [0.1, 0.15) is 30.0 Å². The molecule has 3 heterocycles. The molecule has 0 saturated carbocycles. The van der Waals surface area contributed by atoms with Crippen LogP contribution < -0.4 is 10.1 Å². The summed E-state index contributed by atoms with van der Waals surface area (Å²) in [7, 11) is -5.80. The first-order valence-corrected chi connectivity index (χ1v) is 19.2. The number of carbonyl (C=O) groups is 3. The summed E-state index contributed by atoms with van der Waals surface area (Å²) < 4.78 is 53.0. The molecule has 2 aliphatic rings. The quantitative estimate of drug-likeness (QED) is 0.179. The van der Waals surface area contributed by atoms with Gasteiger partial charge in [0.05, 0.1) is 24.6 Å². The van der Waals surface area contributed by atoms with E-state index in [4.69, 9.17) is 9.47 Å². The third-order valence-corrected chi connectivity index (χ3v) is 11.4. The number of fused-ring (bicyclic) bond motifs is 1. The van der Waals surface area contributed by atoms with Crippen LogP contribution in [-0.2, 0) is 24.6 Å². The van der Waals surface area contributed by atoms with Gasteiger partial charge in [-0.2, -0.15) is 8.78 Å². The van der Waals surface area contributed by atoms with Gasteiger partial charge in [-0.05, 0) is 46.7 Å². The highest BCUT2D eigenvalue weighted by atomic mass is 32.1. The van der Waals surface area contributed by atoms with Crippen LogP contribution in [0.15, 0.2) is 84.9 Å². The van der Waals surface area contributed by atoms with Crippen LogP contribution >= 0.6 is 18.9 Å². The maximum Gasteiger partial charge on any atom is 0.399 e. The lowest BCUT2D eigenvalue weighted by atomic mass is 9.85. The Morgan fingerprint density at radius 1 is 0.981 bits per heavy atom. The van der Waals surface area contributed by atoms with Crippen LogP contribution in [0, 0.1) is 5.41 Å². The zero-order valence-corrected chi connectivity index (χ0v) is 30.5.